The standard InChI is InChI=1S/C13H18ClNO5S/c1-5-13(2,3)15-21(18,19)10-7-8(14)6-9(12(16)17)11(10)20-4/h6-7,15H,5H2,1-4H3,(H,16,17). The van der Waals surface area contributed by atoms with Crippen LogP contribution >= 0.6 is 11.6 Å². The predicted octanol–water partition coefficient (Wildman–Crippen LogP) is 2.51. The minimum atomic E-state index is -3.97. The van der Waals surface area contributed by atoms with Crippen LogP contribution in [-0.2, 0) is 10.0 Å². The molecule has 0 amide bonds. The van der Waals surface area contributed by atoms with Crippen molar-refractivity contribution in [3.63, 3.8) is 0 Å². The SMILES string of the molecule is CCC(C)(C)NS(=O)(=O)c1cc(Cl)cc(C(=O)O)c1OC. The average Bonchev–Trinajstić information content (AvgIpc) is 2.36. The average molecular weight is 336 g/mol. The molecule has 0 aliphatic rings. The number of aromatic carboxylic acids is 1. The number of sulfonamides is 1. The van der Waals surface area contributed by atoms with Crippen molar-refractivity contribution in [1.29, 1.82) is 0 Å². The fourth-order valence-electron chi connectivity index (χ4n) is 1.63. The summed E-state index contributed by atoms with van der Waals surface area (Å²) in [4.78, 5) is 10.9. The number of benzene rings is 1. The molecular formula is C13H18ClNO5S. The number of nitrogens with one attached hydrogen (secondary N) is 1. The molecule has 0 fully saturated rings. The van der Waals surface area contributed by atoms with Crippen LogP contribution in [0.1, 0.15) is 37.6 Å². The molecule has 0 spiro atoms. The predicted molar refractivity (Wildman–Crippen MR) is 79.7 cm³/mol. The number of carboxylic acid groups (broad SMARTS) is 1. The summed E-state index contributed by atoms with van der Waals surface area (Å²) in [6, 6.07) is 2.31. The van der Waals surface area contributed by atoms with E-state index in [1.807, 2.05) is 6.92 Å². The highest BCUT2D eigenvalue weighted by Gasteiger charge is 2.30. The van der Waals surface area contributed by atoms with Gasteiger partial charge in [-0.2, -0.15) is 0 Å². The van der Waals surface area contributed by atoms with Gasteiger partial charge in [0.15, 0.2) is 5.75 Å². The summed E-state index contributed by atoms with van der Waals surface area (Å²) in [7, 11) is -2.77. The first-order chi connectivity index (χ1) is 9.54. The Morgan fingerprint density at radius 1 is 1.43 bits per heavy atom. The van der Waals surface area contributed by atoms with Gasteiger partial charge in [-0.3, -0.25) is 0 Å². The molecule has 0 aliphatic heterocycles. The Bertz CT molecular complexity index is 655. The lowest BCUT2D eigenvalue weighted by Crippen LogP contribution is -2.42. The van der Waals surface area contributed by atoms with Crippen LogP contribution in [-0.4, -0.2) is 32.1 Å². The number of hydrogen-bond donors (Lipinski definition) is 2. The van der Waals surface area contributed by atoms with Crippen molar-refractivity contribution in [2.45, 2.75) is 37.6 Å². The van der Waals surface area contributed by atoms with Crippen molar-refractivity contribution in [3.05, 3.63) is 22.7 Å². The molecule has 1 aromatic rings. The van der Waals surface area contributed by atoms with E-state index in [9.17, 15) is 13.2 Å². The van der Waals surface area contributed by atoms with Gasteiger partial charge in [0.1, 0.15) is 10.5 Å². The second kappa shape index (κ2) is 6.21. The Balaban J connectivity index is 3.52. The van der Waals surface area contributed by atoms with E-state index in [2.05, 4.69) is 4.72 Å². The van der Waals surface area contributed by atoms with E-state index < -0.39 is 21.5 Å². The van der Waals surface area contributed by atoms with E-state index in [-0.39, 0.29) is 21.2 Å². The van der Waals surface area contributed by atoms with Crippen molar-refractivity contribution < 1.29 is 23.1 Å². The molecule has 118 valence electrons. The first-order valence-corrected chi connectivity index (χ1v) is 8.05. The van der Waals surface area contributed by atoms with Gasteiger partial charge in [-0.25, -0.2) is 17.9 Å². The van der Waals surface area contributed by atoms with Crippen LogP contribution in [0, 0.1) is 0 Å². The third kappa shape index (κ3) is 4.09. The summed E-state index contributed by atoms with van der Waals surface area (Å²) in [6.07, 6.45) is 0.556. The van der Waals surface area contributed by atoms with Gasteiger partial charge in [-0.1, -0.05) is 18.5 Å². The maximum absolute atomic E-state index is 12.5. The minimum absolute atomic E-state index is 0.00267. The molecule has 2 N–H and O–H groups in total. The molecule has 1 aromatic carbocycles. The highest BCUT2D eigenvalue weighted by Crippen LogP contribution is 2.32. The number of halogens is 1. The molecule has 0 radical (unpaired) electrons. The van der Waals surface area contributed by atoms with E-state index in [4.69, 9.17) is 21.4 Å². The molecule has 0 aromatic heterocycles. The highest BCUT2D eigenvalue weighted by atomic mass is 35.5. The van der Waals surface area contributed by atoms with Crippen LogP contribution in [0.4, 0.5) is 0 Å². The van der Waals surface area contributed by atoms with Crippen molar-refractivity contribution in [2.24, 2.45) is 0 Å². The zero-order chi connectivity index (χ0) is 16.4. The monoisotopic (exact) mass is 335 g/mol. The van der Waals surface area contributed by atoms with Gasteiger partial charge in [-0.05, 0) is 32.4 Å². The first-order valence-electron chi connectivity index (χ1n) is 6.19. The smallest absolute Gasteiger partial charge is 0.339 e. The number of carboxylic acids is 1. The molecule has 0 saturated carbocycles. The van der Waals surface area contributed by atoms with Gasteiger partial charge < -0.3 is 9.84 Å². The van der Waals surface area contributed by atoms with Crippen LogP contribution in [0.15, 0.2) is 17.0 Å². The maximum atomic E-state index is 12.5. The van der Waals surface area contributed by atoms with Gasteiger partial charge >= 0.3 is 5.97 Å². The molecule has 0 aliphatic carbocycles. The number of ether oxygens (including phenoxy) is 1. The largest absolute Gasteiger partial charge is 0.494 e. The maximum Gasteiger partial charge on any atom is 0.339 e. The van der Waals surface area contributed by atoms with Gasteiger partial charge in [0.2, 0.25) is 10.0 Å². The normalized spacial score (nSPS) is 12.2. The Labute approximate surface area is 129 Å². The summed E-state index contributed by atoms with van der Waals surface area (Å²) in [5.41, 5.74) is -0.991. The van der Waals surface area contributed by atoms with E-state index in [0.717, 1.165) is 6.07 Å². The number of rotatable bonds is 6. The summed E-state index contributed by atoms with van der Waals surface area (Å²) < 4.78 is 32.4. The van der Waals surface area contributed by atoms with Crippen molar-refractivity contribution in [1.82, 2.24) is 4.72 Å². The lowest BCUT2D eigenvalue weighted by atomic mass is 10.0. The second-order valence-corrected chi connectivity index (χ2v) is 7.22. The van der Waals surface area contributed by atoms with Crippen LogP contribution < -0.4 is 9.46 Å². The third-order valence-electron chi connectivity index (χ3n) is 3.04. The Hall–Kier alpha value is -1.31. The van der Waals surface area contributed by atoms with Crippen molar-refractivity contribution in [2.75, 3.05) is 7.11 Å². The number of hydrogen-bond acceptors (Lipinski definition) is 4. The van der Waals surface area contributed by atoms with Crippen LogP contribution in [0.3, 0.4) is 0 Å². The van der Waals surface area contributed by atoms with Crippen LogP contribution in [0.5, 0.6) is 5.75 Å². The zero-order valence-corrected chi connectivity index (χ0v) is 13.8. The molecule has 0 unspecified atom stereocenters. The van der Waals surface area contributed by atoms with Gasteiger partial charge in [-0.15, -0.1) is 0 Å². The van der Waals surface area contributed by atoms with E-state index >= 15 is 0 Å². The first kappa shape index (κ1) is 17.7. The summed E-state index contributed by atoms with van der Waals surface area (Å²) >= 11 is 5.82. The van der Waals surface area contributed by atoms with Gasteiger partial charge in [0.25, 0.3) is 0 Å². The lowest BCUT2D eigenvalue weighted by molar-refractivity contribution is 0.0693. The second-order valence-electron chi connectivity index (χ2n) is 5.13. The molecule has 8 heteroatoms. The fourth-order valence-corrected chi connectivity index (χ4v) is 3.61. The topological polar surface area (TPSA) is 92.7 Å². The quantitative estimate of drug-likeness (QED) is 0.833. The Morgan fingerprint density at radius 3 is 2.43 bits per heavy atom. The van der Waals surface area contributed by atoms with Crippen LogP contribution in [0.25, 0.3) is 0 Å². The highest BCUT2D eigenvalue weighted by molar-refractivity contribution is 7.89. The van der Waals surface area contributed by atoms with Gasteiger partial charge in [0.05, 0.1) is 7.11 Å². The lowest BCUT2D eigenvalue weighted by Gasteiger charge is -2.25. The minimum Gasteiger partial charge on any atom is -0.494 e. The molecule has 0 saturated heterocycles. The summed E-state index contributed by atoms with van der Waals surface area (Å²) in [5.74, 6) is -1.56. The summed E-state index contributed by atoms with van der Waals surface area (Å²) in [5, 5.41) is 9.14. The molecular weight excluding hydrogens is 318 g/mol. The van der Waals surface area contributed by atoms with E-state index in [0.29, 0.717) is 6.42 Å². The molecule has 0 bridgehead atoms. The molecule has 1 rings (SSSR count). The fraction of sp³-hybridized carbons (Fsp3) is 0.462. The summed E-state index contributed by atoms with van der Waals surface area (Å²) in [6.45, 7) is 5.28. The molecule has 0 heterocycles. The molecule has 6 nitrogen and oxygen atoms in total. The van der Waals surface area contributed by atoms with E-state index in [1.165, 1.54) is 13.2 Å². The van der Waals surface area contributed by atoms with E-state index in [1.54, 1.807) is 13.8 Å². The zero-order valence-electron chi connectivity index (χ0n) is 12.2. The third-order valence-corrected chi connectivity index (χ3v) is 4.96. The Morgan fingerprint density at radius 2 is 2.00 bits per heavy atom. The molecule has 21 heavy (non-hydrogen) atoms. The molecule has 0 atom stereocenters. The Kier molecular flexibility index (Phi) is 5.25. The van der Waals surface area contributed by atoms with Gasteiger partial charge in [0, 0.05) is 10.6 Å². The number of methoxy groups -OCH3 is 1. The van der Waals surface area contributed by atoms with Crippen molar-refractivity contribution >= 4 is 27.6 Å². The van der Waals surface area contributed by atoms with Crippen molar-refractivity contribution in [3.8, 4) is 5.75 Å². The van der Waals surface area contributed by atoms with Crippen LogP contribution in [0.2, 0.25) is 5.02 Å². The number of carbonyl (C=O) groups is 1.